The fourth-order valence-electron chi connectivity index (χ4n) is 1.61. The molecule has 90 valence electrons. The molecule has 0 aliphatic heterocycles. The highest BCUT2D eigenvalue weighted by atomic mass is 32.1. The second-order valence-corrected chi connectivity index (χ2v) is 4.08. The first-order valence-corrected chi connectivity index (χ1v) is 6.05. The number of H-pyrrole nitrogens is 1. The van der Waals surface area contributed by atoms with Crippen LogP contribution < -0.4 is 4.74 Å². The van der Waals surface area contributed by atoms with Gasteiger partial charge in [0.1, 0.15) is 12.1 Å². The van der Waals surface area contributed by atoms with E-state index < -0.39 is 0 Å². The second kappa shape index (κ2) is 5.63. The first kappa shape index (κ1) is 11.9. The molecule has 1 aromatic carbocycles. The van der Waals surface area contributed by atoms with Crippen molar-refractivity contribution >= 4 is 12.2 Å². The lowest BCUT2D eigenvalue weighted by Gasteiger charge is -2.19. The minimum atomic E-state index is -0.127. The fraction of sp³-hybridized carbons (Fsp3) is 0.333. The minimum Gasteiger partial charge on any atom is -0.469 e. The van der Waals surface area contributed by atoms with Gasteiger partial charge in [-0.3, -0.25) is 5.10 Å². The topological polar surface area (TPSA) is 42.8 Å². The number of para-hydroxylation sites is 1. The first-order valence-electron chi connectivity index (χ1n) is 5.65. The summed E-state index contributed by atoms with van der Waals surface area (Å²) < 4.78 is 8.19. The van der Waals surface area contributed by atoms with Crippen LogP contribution in [0.25, 0.3) is 0 Å². The maximum absolute atomic E-state index is 5.91. The largest absolute Gasteiger partial charge is 0.469 e. The van der Waals surface area contributed by atoms with Crippen molar-refractivity contribution < 1.29 is 4.74 Å². The smallest absolute Gasteiger partial charge is 0.219 e. The number of hydrogen-bond acceptors (Lipinski definition) is 3. The van der Waals surface area contributed by atoms with Crippen molar-refractivity contribution in [1.29, 1.82) is 0 Å². The van der Waals surface area contributed by atoms with Crippen molar-refractivity contribution in [3.8, 4) is 5.75 Å². The van der Waals surface area contributed by atoms with E-state index in [4.69, 9.17) is 17.0 Å². The summed E-state index contributed by atoms with van der Waals surface area (Å²) >= 11 is 5.13. The van der Waals surface area contributed by atoms with E-state index in [1.165, 1.54) is 0 Å². The number of aromatic nitrogens is 3. The van der Waals surface area contributed by atoms with E-state index in [2.05, 4.69) is 17.0 Å². The van der Waals surface area contributed by atoms with Crippen LogP contribution in [-0.2, 0) is 0 Å². The number of ether oxygens (including phenoxy) is 1. The summed E-state index contributed by atoms with van der Waals surface area (Å²) in [6.07, 6.45) is 3.35. The van der Waals surface area contributed by atoms with E-state index in [9.17, 15) is 0 Å². The highest BCUT2D eigenvalue weighted by Gasteiger charge is 2.12. The van der Waals surface area contributed by atoms with Gasteiger partial charge in [0.05, 0.1) is 0 Å². The van der Waals surface area contributed by atoms with Gasteiger partial charge in [0.2, 0.25) is 4.77 Å². The van der Waals surface area contributed by atoms with Gasteiger partial charge in [0, 0.05) is 6.42 Å². The standard InChI is InChI=1S/C12H15N3OS/c1-2-6-11(15-12(17)13-9-14-15)16-10-7-4-3-5-8-10/h3-5,7-9,11H,2,6H2,1H3,(H,13,14,17). The van der Waals surface area contributed by atoms with Crippen LogP contribution in [0.4, 0.5) is 0 Å². The average Bonchev–Trinajstić information content (AvgIpc) is 2.76. The van der Waals surface area contributed by atoms with Crippen LogP contribution in [0.3, 0.4) is 0 Å². The molecule has 0 fully saturated rings. The van der Waals surface area contributed by atoms with Gasteiger partial charge in [-0.05, 0) is 24.4 Å². The van der Waals surface area contributed by atoms with E-state index >= 15 is 0 Å². The molecule has 2 aromatic rings. The van der Waals surface area contributed by atoms with Crippen molar-refractivity contribution in [2.45, 2.75) is 26.0 Å². The van der Waals surface area contributed by atoms with E-state index in [1.807, 2.05) is 30.3 Å². The Labute approximate surface area is 105 Å². The molecule has 4 nitrogen and oxygen atoms in total. The third-order valence-corrected chi connectivity index (χ3v) is 2.72. The molecule has 17 heavy (non-hydrogen) atoms. The number of hydrogen-bond donors (Lipinski definition) is 1. The van der Waals surface area contributed by atoms with Gasteiger partial charge in [0.25, 0.3) is 0 Å². The van der Waals surface area contributed by atoms with Crippen LogP contribution in [0.2, 0.25) is 0 Å². The van der Waals surface area contributed by atoms with Crippen LogP contribution >= 0.6 is 12.2 Å². The van der Waals surface area contributed by atoms with Crippen molar-refractivity contribution in [3.63, 3.8) is 0 Å². The van der Waals surface area contributed by atoms with Crippen LogP contribution in [0.15, 0.2) is 36.7 Å². The zero-order valence-corrected chi connectivity index (χ0v) is 10.5. The van der Waals surface area contributed by atoms with Crippen LogP contribution in [0, 0.1) is 4.77 Å². The van der Waals surface area contributed by atoms with E-state index in [1.54, 1.807) is 11.0 Å². The Morgan fingerprint density at radius 1 is 1.41 bits per heavy atom. The Kier molecular flexibility index (Phi) is 3.93. The molecule has 0 amide bonds. The zero-order chi connectivity index (χ0) is 12.1. The summed E-state index contributed by atoms with van der Waals surface area (Å²) in [6.45, 7) is 2.11. The summed E-state index contributed by atoms with van der Waals surface area (Å²) in [4.78, 5) is 4.00. The Bertz CT molecular complexity index is 506. The van der Waals surface area contributed by atoms with Gasteiger partial charge in [0.15, 0.2) is 6.23 Å². The van der Waals surface area contributed by atoms with Crippen molar-refractivity contribution in [3.05, 3.63) is 41.4 Å². The fourth-order valence-corrected chi connectivity index (χ4v) is 1.84. The third-order valence-electron chi connectivity index (χ3n) is 2.42. The van der Waals surface area contributed by atoms with Crippen molar-refractivity contribution in [2.24, 2.45) is 0 Å². The normalized spacial score (nSPS) is 12.3. The molecule has 1 atom stereocenters. The van der Waals surface area contributed by atoms with Gasteiger partial charge < -0.3 is 4.74 Å². The van der Waals surface area contributed by atoms with E-state index in [0.717, 1.165) is 18.6 Å². The quantitative estimate of drug-likeness (QED) is 0.827. The lowest BCUT2D eigenvalue weighted by molar-refractivity contribution is 0.106. The molecule has 0 saturated heterocycles. The maximum atomic E-state index is 5.91. The summed E-state index contributed by atoms with van der Waals surface area (Å²) in [6, 6.07) is 9.73. The predicted molar refractivity (Wildman–Crippen MR) is 68.4 cm³/mol. The van der Waals surface area contributed by atoms with Gasteiger partial charge in [-0.1, -0.05) is 31.5 Å². The Morgan fingerprint density at radius 3 is 2.76 bits per heavy atom. The molecule has 0 saturated carbocycles. The van der Waals surface area contributed by atoms with Gasteiger partial charge in [-0.15, -0.1) is 0 Å². The lowest BCUT2D eigenvalue weighted by atomic mass is 10.3. The number of nitrogens with zero attached hydrogens (tertiary/aromatic N) is 2. The molecule has 0 aliphatic rings. The molecule has 0 radical (unpaired) electrons. The zero-order valence-electron chi connectivity index (χ0n) is 9.67. The molecule has 1 aromatic heterocycles. The van der Waals surface area contributed by atoms with Crippen molar-refractivity contribution in [1.82, 2.24) is 14.8 Å². The highest BCUT2D eigenvalue weighted by molar-refractivity contribution is 7.71. The van der Waals surface area contributed by atoms with Gasteiger partial charge >= 0.3 is 0 Å². The Morgan fingerprint density at radius 2 is 2.18 bits per heavy atom. The Hall–Kier alpha value is -1.62. The molecule has 0 spiro atoms. The number of nitrogens with one attached hydrogen (secondary N) is 1. The minimum absolute atomic E-state index is 0.127. The maximum Gasteiger partial charge on any atom is 0.219 e. The molecule has 0 bridgehead atoms. The number of aromatic amines is 1. The number of rotatable bonds is 5. The second-order valence-electron chi connectivity index (χ2n) is 3.71. The molecular weight excluding hydrogens is 234 g/mol. The molecule has 5 heteroatoms. The molecule has 0 aliphatic carbocycles. The predicted octanol–water partition coefficient (Wildman–Crippen LogP) is 3.32. The third kappa shape index (κ3) is 2.94. The van der Waals surface area contributed by atoms with Crippen LogP contribution in [-0.4, -0.2) is 14.8 Å². The van der Waals surface area contributed by atoms with Gasteiger partial charge in [-0.25, -0.2) is 9.67 Å². The first-order chi connectivity index (χ1) is 8.31. The monoisotopic (exact) mass is 249 g/mol. The highest BCUT2D eigenvalue weighted by Crippen LogP contribution is 2.20. The Balaban J connectivity index is 2.19. The summed E-state index contributed by atoms with van der Waals surface area (Å²) in [5, 5.41) is 2.99. The average molecular weight is 249 g/mol. The van der Waals surface area contributed by atoms with Gasteiger partial charge in [-0.2, -0.15) is 0 Å². The molecule has 1 heterocycles. The van der Waals surface area contributed by atoms with E-state index in [-0.39, 0.29) is 6.23 Å². The number of benzene rings is 1. The lowest BCUT2D eigenvalue weighted by Crippen LogP contribution is -2.17. The summed E-state index contributed by atoms with van der Waals surface area (Å²) in [5.41, 5.74) is 0. The van der Waals surface area contributed by atoms with E-state index in [0.29, 0.717) is 4.77 Å². The molecule has 1 N–H and O–H groups in total. The molecule has 1 unspecified atom stereocenters. The summed E-state index contributed by atoms with van der Waals surface area (Å²) in [7, 11) is 0. The SMILES string of the molecule is CCCC(Oc1ccccc1)n1[nH]cnc1=S. The van der Waals surface area contributed by atoms with Crippen molar-refractivity contribution in [2.75, 3.05) is 0 Å². The summed E-state index contributed by atoms with van der Waals surface area (Å²) in [5.74, 6) is 0.836. The van der Waals surface area contributed by atoms with Crippen LogP contribution in [0.1, 0.15) is 26.0 Å². The van der Waals surface area contributed by atoms with Crippen LogP contribution in [0.5, 0.6) is 5.75 Å². The molecule has 2 rings (SSSR count). The molecular formula is C12H15N3OS.